The number of amides is 2. The fourth-order valence-corrected chi connectivity index (χ4v) is 4.05. The Bertz CT molecular complexity index is 561. The van der Waals surface area contributed by atoms with Crippen molar-refractivity contribution in [3.8, 4) is 0 Å². The van der Waals surface area contributed by atoms with E-state index in [-0.39, 0.29) is 25.2 Å². The van der Waals surface area contributed by atoms with Crippen molar-refractivity contribution in [3.05, 3.63) is 0 Å². The molecule has 1 heterocycles. The average Bonchev–Trinajstić information content (AvgIpc) is 3.10. The van der Waals surface area contributed by atoms with Crippen LogP contribution in [0, 0.1) is 0 Å². The maximum Gasteiger partial charge on any atom is 0.333 e. The van der Waals surface area contributed by atoms with E-state index in [1.54, 1.807) is 0 Å². The van der Waals surface area contributed by atoms with Crippen molar-refractivity contribution in [1.82, 2.24) is 5.06 Å². The van der Waals surface area contributed by atoms with Gasteiger partial charge in [-0.05, 0) is 19.8 Å². The topological polar surface area (TPSA) is 90.0 Å². The van der Waals surface area contributed by atoms with Gasteiger partial charge in [-0.2, -0.15) is 0 Å². The standard InChI is InChI=1S/C26H45NO6/c1-2-32-25(30)19-17-15-13-11-9-7-5-3-4-6-8-10-12-14-16-18-20-26(31)33-27-23(28)21-22-24(27)29/h2-22H2,1H3. The summed E-state index contributed by atoms with van der Waals surface area (Å²) in [4.78, 5) is 50.6. The van der Waals surface area contributed by atoms with E-state index in [2.05, 4.69) is 0 Å². The van der Waals surface area contributed by atoms with Gasteiger partial charge in [0.25, 0.3) is 11.8 Å². The SMILES string of the molecule is CCOC(=O)CCCCCCCCCCCCCCCCCCC(=O)ON1C(=O)CCC1=O. The van der Waals surface area contributed by atoms with Crippen molar-refractivity contribution in [3.63, 3.8) is 0 Å². The zero-order chi connectivity index (χ0) is 24.2. The summed E-state index contributed by atoms with van der Waals surface area (Å²) in [5.41, 5.74) is 0. The average molecular weight is 468 g/mol. The number of rotatable bonds is 21. The lowest BCUT2D eigenvalue weighted by atomic mass is 10.0. The lowest BCUT2D eigenvalue weighted by Gasteiger charge is -2.12. The predicted molar refractivity (Wildman–Crippen MR) is 127 cm³/mol. The summed E-state index contributed by atoms with van der Waals surface area (Å²) in [6.07, 6.45) is 20.1. The lowest BCUT2D eigenvalue weighted by Crippen LogP contribution is -2.31. The fraction of sp³-hybridized carbons (Fsp3) is 0.846. The second-order valence-electron chi connectivity index (χ2n) is 9.01. The molecule has 0 unspecified atom stereocenters. The van der Waals surface area contributed by atoms with E-state index in [0.29, 0.717) is 18.1 Å². The Balaban J connectivity index is 1.75. The number of ether oxygens (including phenoxy) is 1. The van der Waals surface area contributed by atoms with Crippen molar-refractivity contribution in [1.29, 1.82) is 0 Å². The minimum Gasteiger partial charge on any atom is -0.466 e. The van der Waals surface area contributed by atoms with Crippen LogP contribution in [0.4, 0.5) is 0 Å². The molecule has 1 fully saturated rings. The van der Waals surface area contributed by atoms with Crippen LogP contribution in [0.5, 0.6) is 0 Å². The fourth-order valence-electron chi connectivity index (χ4n) is 4.05. The first-order valence-electron chi connectivity index (χ1n) is 13.3. The summed E-state index contributed by atoms with van der Waals surface area (Å²) in [7, 11) is 0. The van der Waals surface area contributed by atoms with Crippen LogP contribution in [0.3, 0.4) is 0 Å². The molecule has 2 amide bonds. The van der Waals surface area contributed by atoms with E-state index in [4.69, 9.17) is 9.57 Å². The number of nitrogens with zero attached hydrogens (tertiary/aromatic N) is 1. The molecular weight excluding hydrogens is 422 g/mol. The Morgan fingerprint density at radius 1 is 0.606 bits per heavy atom. The molecule has 0 aromatic heterocycles. The maximum absolute atomic E-state index is 11.7. The van der Waals surface area contributed by atoms with Crippen LogP contribution in [0.15, 0.2) is 0 Å². The highest BCUT2D eigenvalue weighted by Gasteiger charge is 2.32. The molecule has 1 saturated heterocycles. The van der Waals surface area contributed by atoms with Gasteiger partial charge in [-0.25, -0.2) is 4.79 Å². The summed E-state index contributed by atoms with van der Waals surface area (Å²) >= 11 is 0. The van der Waals surface area contributed by atoms with E-state index >= 15 is 0 Å². The molecule has 7 nitrogen and oxygen atoms in total. The molecule has 0 aliphatic carbocycles. The zero-order valence-electron chi connectivity index (χ0n) is 20.7. The number of hydroxylamine groups is 2. The lowest BCUT2D eigenvalue weighted by molar-refractivity contribution is -0.197. The molecule has 7 heteroatoms. The third-order valence-corrected chi connectivity index (χ3v) is 6.02. The minimum absolute atomic E-state index is 0.0633. The van der Waals surface area contributed by atoms with Gasteiger partial charge in [0, 0.05) is 25.7 Å². The summed E-state index contributed by atoms with van der Waals surface area (Å²) in [6, 6.07) is 0. The highest BCUT2D eigenvalue weighted by atomic mass is 16.7. The Morgan fingerprint density at radius 2 is 0.939 bits per heavy atom. The molecule has 1 rings (SSSR count). The van der Waals surface area contributed by atoms with Crippen LogP contribution >= 0.6 is 0 Å². The smallest absolute Gasteiger partial charge is 0.333 e. The van der Waals surface area contributed by atoms with Gasteiger partial charge in [0.05, 0.1) is 6.61 Å². The van der Waals surface area contributed by atoms with Crippen LogP contribution in [-0.4, -0.2) is 35.4 Å². The minimum atomic E-state index is -0.493. The second-order valence-corrected chi connectivity index (χ2v) is 9.01. The van der Waals surface area contributed by atoms with Gasteiger partial charge in [-0.15, -0.1) is 5.06 Å². The molecule has 0 bridgehead atoms. The van der Waals surface area contributed by atoms with E-state index in [1.165, 1.54) is 70.6 Å². The molecule has 0 atom stereocenters. The number of hydrogen-bond donors (Lipinski definition) is 0. The van der Waals surface area contributed by atoms with Gasteiger partial charge >= 0.3 is 11.9 Å². The molecule has 1 aliphatic rings. The number of hydrogen-bond acceptors (Lipinski definition) is 6. The number of esters is 1. The van der Waals surface area contributed by atoms with E-state index in [9.17, 15) is 19.2 Å². The van der Waals surface area contributed by atoms with Crippen LogP contribution < -0.4 is 0 Å². The van der Waals surface area contributed by atoms with Crippen molar-refractivity contribution in [2.24, 2.45) is 0 Å². The zero-order valence-corrected chi connectivity index (χ0v) is 20.7. The van der Waals surface area contributed by atoms with Crippen molar-refractivity contribution >= 4 is 23.8 Å². The van der Waals surface area contributed by atoms with E-state index in [0.717, 1.165) is 32.1 Å². The first-order valence-corrected chi connectivity index (χ1v) is 13.3. The molecule has 0 saturated carbocycles. The monoisotopic (exact) mass is 467 g/mol. The molecule has 0 N–H and O–H groups in total. The van der Waals surface area contributed by atoms with Gasteiger partial charge in [0.1, 0.15) is 0 Å². The van der Waals surface area contributed by atoms with Gasteiger partial charge in [-0.1, -0.05) is 89.9 Å². The molecule has 0 aromatic carbocycles. The highest BCUT2D eigenvalue weighted by molar-refractivity contribution is 6.01. The molecule has 0 radical (unpaired) electrons. The van der Waals surface area contributed by atoms with Gasteiger partial charge in [0.2, 0.25) is 0 Å². The largest absolute Gasteiger partial charge is 0.466 e. The molecule has 0 aromatic rings. The summed E-state index contributed by atoms with van der Waals surface area (Å²) < 4.78 is 4.93. The van der Waals surface area contributed by atoms with Crippen molar-refractivity contribution in [2.45, 2.75) is 135 Å². The van der Waals surface area contributed by atoms with Crippen LogP contribution in [0.1, 0.15) is 135 Å². The summed E-state index contributed by atoms with van der Waals surface area (Å²) in [5, 5.41) is 0.624. The number of carbonyl (C=O) groups is 4. The van der Waals surface area contributed by atoms with Crippen LogP contribution in [-0.2, 0) is 28.8 Å². The Labute approximate surface area is 199 Å². The van der Waals surface area contributed by atoms with Crippen molar-refractivity contribution in [2.75, 3.05) is 6.61 Å². The molecule has 1 aliphatic heterocycles. The van der Waals surface area contributed by atoms with Gasteiger partial charge in [0.15, 0.2) is 0 Å². The summed E-state index contributed by atoms with van der Waals surface area (Å²) in [5.74, 6) is -1.40. The highest BCUT2D eigenvalue weighted by Crippen LogP contribution is 2.16. The Morgan fingerprint density at radius 3 is 1.30 bits per heavy atom. The molecule has 33 heavy (non-hydrogen) atoms. The number of unbranched alkanes of at least 4 members (excludes halogenated alkanes) is 15. The molecular formula is C26H45NO6. The quantitative estimate of drug-likeness (QED) is 0.114. The number of imide groups is 1. The Kier molecular flexibility index (Phi) is 17.2. The van der Waals surface area contributed by atoms with Crippen molar-refractivity contribution < 1.29 is 28.8 Å². The maximum atomic E-state index is 11.7. The van der Waals surface area contributed by atoms with Gasteiger partial charge < -0.3 is 9.57 Å². The first-order chi connectivity index (χ1) is 16.0. The van der Waals surface area contributed by atoms with Crippen LogP contribution in [0.25, 0.3) is 0 Å². The van der Waals surface area contributed by atoms with Gasteiger partial charge in [-0.3, -0.25) is 14.4 Å². The van der Waals surface area contributed by atoms with E-state index < -0.39 is 17.8 Å². The Hall–Kier alpha value is -1.92. The van der Waals surface area contributed by atoms with Crippen LogP contribution in [0.2, 0.25) is 0 Å². The first kappa shape index (κ1) is 29.1. The normalized spacial score (nSPS) is 13.5. The van der Waals surface area contributed by atoms with E-state index in [1.807, 2.05) is 6.92 Å². The third-order valence-electron chi connectivity index (χ3n) is 6.02. The second kappa shape index (κ2) is 19.5. The number of carbonyl (C=O) groups excluding carboxylic acids is 4. The third kappa shape index (κ3) is 15.5. The predicted octanol–water partition coefficient (Wildman–Crippen LogP) is 6.18. The summed E-state index contributed by atoms with van der Waals surface area (Å²) in [6.45, 7) is 2.33. The molecule has 190 valence electrons. The molecule has 0 spiro atoms.